The summed E-state index contributed by atoms with van der Waals surface area (Å²) < 4.78 is 25.6. The Morgan fingerprint density at radius 2 is 1.90 bits per heavy atom. The van der Waals surface area contributed by atoms with E-state index in [-0.39, 0.29) is 35.4 Å². The van der Waals surface area contributed by atoms with Gasteiger partial charge >= 0.3 is 5.97 Å². The molecule has 0 heterocycles. The number of aliphatic carboxylic acids is 1. The molecule has 0 bridgehead atoms. The SMILES string of the molecule is N#Cc1ccc(NS(=O)(=O)CCCC(=O)O)cc1C#N. The Bertz CT molecular complexity index is 698. The highest BCUT2D eigenvalue weighted by Gasteiger charge is 2.12. The van der Waals surface area contributed by atoms with Crippen molar-refractivity contribution in [1.29, 1.82) is 10.5 Å². The van der Waals surface area contributed by atoms with Gasteiger partial charge in [0.2, 0.25) is 10.0 Å². The number of carbonyl (C=O) groups is 1. The molecule has 2 N–H and O–H groups in total. The molecule has 0 saturated carbocycles. The van der Waals surface area contributed by atoms with Crippen molar-refractivity contribution in [3.05, 3.63) is 29.3 Å². The maximum atomic E-state index is 11.7. The van der Waals surface area contributed by atoms with Crippen molar-refractivity contribution in [2.75, 3.05) is 10.5 Å². The number of benzene rings is 1. The van der Waals surface area contributed by atoms with Gasteiger partial charge in [-0.2, -0.15) is 10.5 Å². The molecular weight excluding hydrogens is 282 g/mol. The van der Waals surface area contributed by atoms with Crippen LogP contribution in [0.5, 0.6) is 0 Å². The van der Waals surface area contributed by atoms with Gasteiger partial charge in [-0.05, 0) is 24.6 Å². The maximum absolute atomic E-state index is 11.7. The summed E-state index contributed by atoms with van der Waals surface area (Å²) in [5, 5.41) is 26.0. The van der Waals surface area contributed by atoms with Crippen molar-refractivity contribution in [2.24, 2.45) is 0 Å². The predicted molar refractivity (Wildman–Crippen MR) is 70.2 cm³/mol. The number of nitrogens with zero attached hydrogens (tertiary/aromatic N) is 2. The Hall–Kier alpha value is -2.58. The molecule has 0 fully saturated rings. The number of sulfonamides is 1. The standard InChI is InChI=1S/C12H11N3O4S/c13-7-9-3-4-11(6-10(9)8-14)15-20(18,19)5-1-2-12(16)17/h3-4,6,15H,1-2,5H2,(H,16,17). The van der Waals surface area contributed by atoms with Crippen molar-refractivity contribution in [2.45, 2.75) is 12.8 Å². The zero-order chi connectivity index (χ0) is 15.2. The van der Waals surface area contributed by atoms with Gasteiger partial charge in [0, 0.05) is 12.1 Å². The first-order valence-electron chi connectivity index (χ1n) is 5.54. The fraction of sp³-hybridized carbons (Fsp3) is 0.250. The van der Waals surface area contributed by atoms with Crippen molar-refractivity contribution in [3.8, 4) is 12.1 Å². The molecule has 0 radical (unpaired) electrons. The van der Waals surface area contributed by atoms with Crippen LogP contribution in [0.4, 0.5) is 5.69 Å². The summed E-state index contributed by atoms with van der Waals surface area (Å²) in [5.41, 5.74) is 0.385. The molecule has 0 spiro atoms. The molecule has 0 unspecified atom stereocenters. The van der Waals surface area contributed by atoms with Crippen molar-refractivity contribution >= 4 is 21.7 Å². The van der Waals surface area contributed by atoms with E-state index in [0.29, 0.717) is 0 Å². The van der Waals surface area contributed by atoms with E-state index >= 15 is 0 Å². The summed E-state index contributed by atoms with van der Waals surface area (Å²) in [6.45, 7) is 0. The lowest BCUT2D eigenvalue weighted by Gasteiger charge is -2.08. The summed E-state index contributed by atoms with van der Waals surface area (Å²) in [5.74, 6) is -1.40. The van der Waals surface area contributed by atoms with E-state index in [4.69, 9.17) is 15.6 Å². The minimum absolute atomic E-state index is 0.00788. The van der Waals surface area contributed by atoms with Gasteiger partial charge in [-0.1, -0.05) is 0 Å². The fourth-order valence-corrected chi connectivity index (χ4v) is 2.55. The minimum Gasteiger partial charge on any atom is -0.481 e. The highest BCUT2D eigenvalue weighted by Crippen LogP contribution is 2.16. The van der Waals surface area contributed by atoms with Crippen LogP contribution in [0, 0.1) is 22.7 Å². The van der Waals surface area contributed by atoms with Gasteiger partial charge in [0.25, 0.3) is 0 Å². The molecule has 0 atom stereocenters. The smallest absolute Gasteiger partial charge is 0.303 e. The third-order valence-corrected chi connectivity index (χ3v) is 3.71. The van der Waals surface area contributed by atoms with Gasteiger partial charge in [-0.25, -0.2) is 8.42 Å². The largest absolute Gasteiger partial charge is 0.481 e. The van der Waals surface area contributed by atoms with Crippen LogP contribution in [-0.4, -0.2) is 25.2 Å². The summed E-state index contributed by atoms with van der Waals surface area (Å²) in [7, 11) is -3.68. The first-order chi connectivity index (χ1) is 9.38. The van der Waals surface area contributed by atoms with Crippen LogP contribution in [0.1, 0.15) is 24.0 Å². The minimum atomic E-state index is -3.68. The van der Waals surface area contributed by atoms with Crippen molar-refractivity contribution < 1.29 is 18.3 Å². The van der Waals surface area contributed by atoms with Crippen LogP contribution < -0.4 is 4.72 Å². The molecule has 0 amide bonds. The Morgan fingerprint density at radius 1 is 1.25 bits per heavy atom. The van der Waals surface area contributed by atoms with E-state index in [9.17, 15) is 13.2 Å². The fourth-order valence-electron chi connectivity index (χ4n) is 1.44. The molecule has 0 aliphatic rings. The van der Waals surface area contributed by atoms with Crippen molar-refractivity contribution in [1.82, 2.24) is 0 Å². The Morgan fingerprint density at radius 3 is 2.45 bits per heavy atom. The number of hydrogen-bond donors (Lipinski definition) is 2. The van der Waals surface area contributed by atoms with Gasteiger partial charge in [0.15, 0.2) is 0 Å². The average molecular weight is 293 g/mol. The number of nitriles is 2. The molecule has 20 heavy (non-hydrogen) atoms. The van der Waals surface area contributed by atoms with Gasteiger partial charge in [0.1, 0.15) is 12.1 Å². The van der Waals surface area contributed by atoms with Crippen molar-refractivity contribution in [3.63, 3.8) is 0 Å². The molecule has 0 aliphatic heterocycles. The molecular formula is C12H11N3O4S. The Balaban J connectivity index is 2.81. The third kappa shape index (κ3) is 4.59. The van der Waals surface area contributed by atoms with E-state index in [1.54, 1.807) is 6.07 Å². The quantitative estimate of drug-likeness (QED) is 0.805. The molecule has 0 saturated heterocycles. The Labute approximate surface area is 116 Å². The second-order valence-corrected chi connectivity index (χ2v) is 5.74. The maximum Gasteiger partial charge on any atom is 0.303 e. The zero-order valence-corrected chi connectivity index (χ0v) is 11.1. The van der Waals surface area contributed by atoms with Gasteiger partial charge in [0.05, 0.1) is 16.9 Å². The van der Waals surface area contributed by atoms with Crippen LogP contribution in [0.2, 0.25) is 0 Å². The molecule has 0 aliphatic carbocycles. The van der Waals surface area contributed by atoms with E-state index in [2.05, 4.69) is 4.72 Å². The lowest BCUT2D eigenvalue weighted by atomic mass is 10.1. The van der Waals surface area contributed by atoms with Crippen LogP contribution >= 0.6 is 0 Å². The third-order valence-electron chi connectivity index (χ3n) is 2.34. The van der Waals surface area contributed by atoms with Crippen LogP contribution in [0.3, 0.4) is 0 Å². The van der Waals surface area contributed by atoms with Gasteiger partial charge < -0.3 is 5.11 Å². The van der Waals surface area contributed by atoms with Crippen LogP contribution in [-0.2, 0) is 14.8 Å². The number of carboxylic acid groups (broad SMARTS) is 1. The monoisotopic (exact) mass is 293 g/mol. The summed E-state index contributed by atoms with van der Waals surface area (Å²) in [4.78, 5) is 10.3. The molecule has 104 valence electrons. The van der Waals surface area contributed by atoms with Gasteiger partial charge in [-0.3, -0.25) is 9.52 Å². The number of anilines is 1. The van der Waals surface area contributed by atoms with Gasteiger partial charge in [-0.15, -0.1) is 0 Å². The molecule has 1 aromatic rings. The molecule has 7 nitrogen and oxygen atoms in total. The normalized spacial score (nSPS) is 10.3. The second kappa shape index (κ2) is 6.55. The molecule has 1 rings (SSSR count). The second-order valence-electron chi connectivity index (χ2n) is 3.90. The summed E-state index contributed by atoms with van der Waals surface area (Å²) >= 11 is 0. The average Bonchev–Trinajstić information content (AvgIpc) is 2.37. The number of carboxylic acids is 1. The lowest BCUT2D eigenvalue weighted by Crippen LogP contribution is -2.17. The topological polar surface area (TPSA) is 131 Å². The van der Waals surface area contributed by atoms with Crippen LogP contribution in [0.25, 0.3) is 0 Å². The highest BCUT2D eigenvalue weighted by molar-refractivity contribution is 7.92. The summed E-state index contributed by atoms with van der Waals surface area (Å²) in [6.07, 6.45) is -0.246. The number of rotatable bonds is 6. The number of nitrogens with one attached hydrogen (secondary N) is 1. The van der Waals surface area contributed by atoms with E-state index in [1.807, 2.05) is 6.07 Å². The Kier molecular flexibility index (Phi) is 5.07. The van der Waals surface area contributed by atoms with E-state index in [0.717, 1.165) is 0 Å². The number of hydrogen-bond acceptors (Lipinski definition) is 5. The molecule has 1 aromatic carbocycles. The molecule has 0 aromatic heterocycles. The van der Waals surface area contributed by atoms with Crippen LogP contribution in [0.15, 0.2) is 18.2 Å². The molecule has 8 heteroatoms. The first-order valence-corrected chi connectivity index (χ1v) is 7.19. The zero-order valence-electron chi connectivity index (χ0n) is 10.3. The predicted octanol–water partition coefficient (Wildman–Crippen LogP) is 1.04. The highest BCUT2D eigenvalue weighted by atomic mass is 32.2. The lowest BCUT2D eigenvalue weighted by molar-refractivity contribution is -0.137. The van der Waals surface area contributed by atoms with E-state index in [1.165, 1.54) is 18.2 Å². The van der Waals surface area contributed by atoms with E-state index < -0.39 is 16.0 Å². The summed E-state index contributed by atoms with van der Waals surface area (Å²) in [6, 6.07) is 7.58. The first kappa shape index (κ1) is 15.5.